The number of hydrogen-bond donors (Lipinski definition) is 0. The molecule has 2 aromatic heterocycles. The fraction of sp³-hybridized carbons (Fsp3) is 0.417. The van der Waals surface area contributed by atoms with Crippen molar-refractivity contribution in [3.63, 3.8) is 0 Å². The highest BCUT2D eigenvalue weighted by Gasteiger charge is 2.38. The summed E-state index contributed by atoms with van der Waals surface area (Å²) in [4.78, 5) is 18.8. The average molecular weight is 515 g/mol. The van der Waals surface area contributed by atoms with E-state index >= 15 is 0 Å². The van der Waals surface area contributed by atoms with Crippen molar-refractivity contribution in [3.8, 4) is 11.1 Å². The average Bonchev–Trinajstić information content (AvgIpc) is 3.32. The Bertz CT molecular complexity index is 1250. The molecule has 1 amide bonds. The zero-order chi connectivity index (χ0) is 25.5. The molecule has 0 bridgehead atoms. The van der Waals surface area contributed by atoms with Crippen molar-refractivity contribution in [1.82, 2.24) is 29.2 Å². The van der Waals surface area contributed by atoms with Crippen LogP contribution >= 0.6 is 0 Å². The maximum absolute atomic E-state index is 13.3. The second kappa shape index (κ2) is 11.7. The lowest BCUT2D eigenvalue weighted by molar-refractivity contribution is -0.134. The number of amides is 1. The number of benzene rings is 1. The number of carbonyl (C=O) groups excluding carboxylic acids is 1. The number of hydrogen-bond acceptors (Lipinski definition) is 8. The van der Waals surface area contributed by atoms with Gasteiger partial charge >= 0.3 is 0 Å². The molecular formula is C24H30N6O5S. The zero-order valence-electron chi connectivity index (χ0n) is 20.4. The molecule has 0 spiro atoms. The minimum atomic E-state index is -3.65. The molecule has 36 heavy (non-hydrogen) atoms. The summed E-state index contributed by atoms with van der Waals surface area (Å²) < 4.78 is 39.2. The molecule has 1 fully saturated rings. The van der Waals surface area contributed by atoms with Crippen molar-refractivity contribution in [3.05, 3.63) is 66.2 Å². The van der Waals surface area contributed by atoms with E-state index in [0.717, 1.165) is 16.7 Å². The second-order valence-corrected chi connectivity index (χ2v) is 10.6. The Hall–Kier alpha value is -3.19. The maximum atomic E-state index is 13.3. The molecule has 1 unspecified atom stereocenters. The lowest BCUT2D eigenvalue weighted by Gasteiger charge is -2.26. The molecule has 4 rings (SSSR count). The van der Waals surface area contributed by atoms with Crippen LogP contribution in [0.3, 0.4) is 0 Å². The van der Waals surface area contributed by atoms with Crippen LogP contribution in [0.4, 0.5) is 0 Å². The van der Waals surface area contributed by atoms with Gasteiger partial charge in [0.2, 0.25) is 15.9 Å². The Morgan fingerprint density at radius 3 is 2.50 bits per heavy atom. The Morgan fingerprint density at radius 1 is 1.06 bits per heavy atom. The summed E-state index contributed by atoms with van der Waals surface area (Å²) >= 11 is 0. The highest BCUT2D eigenvalue weighted by molar-refractivity contribution is 7.89. The summed E-state index contributed by atoms with van der Waals surface area (Å²) in [5, 5.41) is 8.17. The lowest BCUT2D eigenvalue weighted by Crippen LogP contribution is -2.45. The fourth-order valence-corrected chi connectivity index (χ4v) is 5.62. The topological polar surface area (TPSA) is 120 Å². The van der Waals surface area contributed by atoms with Gasteiger partial charge in [0.15, 0.2) is 0 Å². The number of carbonyl (C=O) groups is 1. The van der Waals surface area contributed by atoms with E-state index in [-0.39, 0.29) is 38.1 Å². The van der Waals surface area contributed by atoms with Gasteiger partial charge in [0.25, 0.3) is 0 Å². The highest BCUT2D eigenvalue weighted by Crippen LogP contribution is 2.23. The van der Waals surface area contributed by atoms with Gasteiger partial charge in [-0.05, 0) is 35.7 Å². The molecule has 192 valence electrons. The first kappa shape index (κ1) is 25.9. The van der Waals surface area contributed by atoms with Gasteiger partial charge in [-0.25, -0.2) is 13.1 Å². The molecule has 1 aliphatic rings. The summed E-state index contributed by atoms with van der Waals surface area (Å²) in [6.45, 7) is 3.13. The predicted molar refractivity (Wildman–Crippen MR) is 132 cm³/mol. The molecule has 1 atom stereocenters. The van der Waals surface area contributed by atoms with Gasteiger partial charge in [-0.2, -0.15) is 4.31 Å². The van der Waals surface area contributed by atoms with E-state index in [1.807, 2.05) is 36.4 Å². The molecule has 1 saturated heterocycles. The van der Waals surface area contributed by atoms with Crippen molar-refractivity contribution in [2.45, 2.75) is 32.6 Å². The molecule has 1 aliphatic heterocycles. The van der Waals surface area contributed by atoms with E-state index < -0.39 is 16.1 Å². The summed E-state index contributed by atoms with van der Waals surface area (Å²) in [7, 11) is -2.10. The summed E-state index contributed by atoms with van der Waals surface area (Å²) in [5.41, 5.74) is 3.43. The Labute approximate surface area is 210 Å². The van der Waals surface area contributed by atoms with E-state index in [1.165, 1.54) is 9.21 Å². The Balaban J connectivity index is 1.42. The molecule has 3 heterocycles. The highest BCUT2D eigenvalue weighted by atomic mass is 32.2. The quantitative estimate of drug-likeness (QED) is 0.295. The molecule has 3 aromatic rings. The third kappa shape index (κ3) is 6.32. The van der Waals surface area contributed by atoms with Crippen LogP contribution in [-0.2, 0) is 43.9 Å². The van der Waals surface area contributed by atoms with Gasteiger partial charge in [-0.3, -0.25) is 9.78 Å². The van der Waals surface area contributed by atoms with Crippen LogP contribution in [0.2, 0.25) is 0 Å². The predicted octanol–water partition coefficient (Wildman–Crippen LogP) is 1.52. The van der Waals surface area contributed by atoms with Crippen molar-refractivity contribution in [1.29, 1.82) is 0 Å². The van der Waals surface area contributed by atoms with Crippen molar-refractivity contribution < 1.29 is 22.7 Å². The molecule has 0 N–H and O–H groups in total. The number of nitrogens with zero attached hydrogens (tertiary/aromatic N) is 6. The van der Waals surface area contributed by atoms with Crippen LogP contribution in [0, 0.1) is 0 Å². The number of pyridine rings is 1. The third-order valence-corrected chi connectivity index (χ3v) is 7.85. The van der Waals surface area contributed by atoms with Gasteiger partial charge in [0.1, 0.15) is 18.5 Å². The van der Waals surface area contributed by atoms with Gasteiger partial charge in [-0.1, -0.05) is 29.5 Å². The van der Waals surface area contributed by atoms with E-state index in [0.29, 0.717) is 18.8 Å². The molecule has 1 aromatic carbocycles. The van der Waals surface area contributed by atoms with Crippen LogP contribution in [0.1, 0.15) is 18.2 Å². The number of methoxy groups -OCH3 is 1. The van der Waals surface area contributed by atoms with Crippen molar-refractivity contribution >= 4 is 15.9 Å². The summed E-state index contributed by atoms with van der Waals surface area (Å²) in [6.07, 6.45) is 5.18. The van der Waals surface area contributed by atoms with Crippen LogP contribution < -0.4 is 0 Å². The first-order valence-electron chi connectivity index (χ1n) is 11.6. The normalized spacial score (nSPS) is 18.3. The minimum absolute atomic E-state index is 0.0901. The first-order valence-corrected chi connectivity index (χ1v) is 13.2. The lowest BCUT2D eigenvalue weighted by atomic mass is 10.1. The number of aromatic nitrogens is 4. The molecule has 0 aliphatic carbocycles. The monoisotopic (exact) mass is 514 g/mol. The third-order valence-electron chi connectivity index (χ3n) is 5.99. The largest absolute Gasteiger partial charge is 0.359 e. The van der Waals surface area contributed by atoms with Crippen LogP contribution in [0.15, 0.2) is 55.0 Å². The number of sulfonamides is 1. The molecular weight excluding hydrogens is 484 g/mol. The van der Waals surface area contributed by atoms with Crippen LogP contribution in [0.25, 0.3) is 11.1 Å². The Morgan fingerprint density at radius 2 is 1.78 bits per heavy atom. The fourth-order valence-electron chi connectivity index (χ4n) is 4.02. The van der Waals surface area contributed by atoms with Gasteiger partial charge in [-0.15, -0.1) is 5.10 Å². The maximum Gasteiger partial charge on any atom is 0.241 e. The van der Waals surface area contributed by atoms with Crippen molar-refractivity contribution in [2.24, 2.45) is 0 Å². The van der Waals surface area contributed by atoms with E-state index in [9.17, 15) is 13.2 Å². The Kier molecular flexibility index (Phi) is 8.41. The zero-order valence-corrected chi connectivity index (χ0v) is 21.2. The first-order chi connectivity index (χ1) is 17.4. The van der Waals surface area contributed by atoms with Crippen LogP contribution in [-0.4, -0.2) is 82.4 Å². The summed E-state index contributed by atoms with van der Waals surface area (Å²) in [5.74, 6) is -0.417. The standard InChI is InChI=1S/C24H30N6O5S/c1-19-24(31)28(16-23-17-29(27-26-23)11-13-35-18-34-2)12-14-36(32,33)30(19)15-20-3-5-21(6-4-20)22-7-9-25-10-8-22/h3-10,17,19H,11-16,18H2,1-2H3. The molecule has 0 saturated carbocycles. The van der Waals surface area contributed by atoms with Crippen LogP contribution in [0.5, 0.6) is 0 Å². The van der Waals surface area contributed by atoms with E-state index in [4.69, 9.17) is 9.47 Å². The van der Waals surface area contributed by atoms with Gasteiger partial charge in [0.05, 0.1) is 31.6 Å². The smallest absolute Gasteiger partial charge is 0.241 e. The van der Waals surface area contributed by atoms with Gasteiger partial charge < -0.3 is 14.4 Å². The summed E-state index contributed by atoms with van der Waals surface area (Å²) in [6, 6.07) is 10.7. The van der Waals surface area contributed by atoms with E-state index in [2.05, 4.69) is 15.3 Å². The molecule has 12 heteroatoms. The number of ether oxygens (including phenoxy) is 2. The number of rotatable bonds is 10. The van der Waals surface area contributed by atoms with Crippen molar-refractivity contribution in [2.75, 3.05) is 32.8 Å². The molecule has 0 radical (unpaired) electrons. The SMILES string of the molecule is COCOCCn1cc(CN2CCS(=O)(=O)N(Cc3ccc(-c4ccncc4)cc3)C(C)C2=O)nn1. The second-order valence-electron chi connectivity index (χ2n) is 8.52. The molecule has 11 nitrogen and oxygen atoms in total. The minimum Gasteiger partial charge on any atom is -0.359 e. The van der Waals surface area contributed by atoms with E-state index in [1.54, 1.807) is 37.3 Å². The van der Waals surface area contributed by atoms with Gasteiger partial charge in [0, 0.05) is 32.6 Å².